The van der Waals surface area contributed by atoms with E-state index in [1.54, 1.807) is 6.33 Å². The Morgan fingerprint density at radius 2 is 2.00 bits per heavy atom. The van der Waals surface area contributed by atoms with Crippen LogP contribution in [0.1, 0.15) is 18.7 Å². The summed E-state index contributed by atoms with van der Waals surface area (Å²) in [5, 5.41) is 11.6. The Hall–Kier alpha value is -2.42. The molecule has 4 rings (SSSR count). The lowest BCUT2D eigenvalue weighted by molar-refractivity contribution is 0.122. The minimum atomic E-state index is 0.286. The lowest BCUT2D eigenvalue weighted by atomic mass is 10.1. The van der Waals surface area contributed by atoms with Gasteiger partial charge in [0.25, 0.3) is 0 Å². The molecule has 0 aliphatic carbocycles. The predicted octanol–water partition coefficient (Wildman–Crippen LogP) is 1.09. The number of nitrogens with one attached hydrogen (secondary N) is 1. The summed E-state index contributed by atoms with van der Waals surface area (Å²) in [6.07, 6.45) is 3.77. The molecule has 2 fully saturated rings. The van der Waals surface area contributed by atoms with Crippen LogP contribution in [-0.4, -0.2) is 65.6 Å². The summed E-state index contributed by atoms with van der Waals surface area (Å²) in [5.41, 5.74) is 0. The molecule has 2 saturated heterocycles. The van der Waals surface area contributed by atoms with Crippen LogP contribution in [0.25, 0.3) is 0 Å². The van der Waals surface area contributed by atoms with Crippen LogP contribution in [-0.2, 0) is 4.74 Å². The van der Waals surface area contributed by atoms with Gasteiger partial charge in [0.05, 0.1) is 13.2 Å². The van der Waals surface area contributed by atoms with Gasteiger partial charge in [0.2, 0.25) is 5.89 Å². The third-order valence-electron chi connectivity index (χ3n) is 4.55. The number of rotatable bonds is 4. The van der Waals surface area contributed by atoms with E-state index in [9.17, 15) is 0 Å². The smallest absolute Gasteiger partial charge is 0.318 e. The zero-order valence-electron chi connectivity index (χ0n) is 14.4. The van der Waals surface area contributed by atoms with Crippen LogP contribution in [0, 0.1) is 6.92 Å². The molecule has 1 atom stereocenters. The second-order valence-corrected chi connectivity index (χ2v) is 6.39. The first kappa shape index (κ1) is 16.1. The van der Waals surface area contributed by atoms with Crippen LogP contribution in [0.3, 0.4) is 0 Å². The van der Waals surface area contributed by atoms with Gasteiger partial charge in [-0.15, -0.1) is 5.10 Å². The monoisotopic (exact) mass is 345 g/mol. The zero-order valence-corrected chi connectivity index (χ0v) is 14.4. The van der Waals surface area contributed by atoms with Gasteiger partial charge in [-0.1, -0.05) is 5.10 Å². The maximum absolute atomic E-state index is 5.55. The Morgan fingerprint density at radius 3 is 2.80 bits per heavy atom. The van der Waals surface area contributed by atoms with E-state index in [1.165, 1.54) is 0 Å². The van der Waals surface area contributed by atoms with Crippen molar-refractivity contribution in [2.45, 2.75) is 25.8 Å². The first-order chi connectivity index (χ1) is 12.3. The van der Waals surface area contributed by atoms with Crippen molar-refractivity contribution in [2.75, 3.05) is 54.5 Å². The van der Waals surface area contributed by atoms with Crippen LogP contribution in [0.4, 0.5) is 17.7 Å². The van der Waals surface area contributed by atoms with E-state index in [0.717, 1.165) is 63.9 Å². The van der Waals surface area contributed by atoms with Gasteiger partial charge in [0, 0.05) is 45.2 Å². The SMILES string of the molecule is Cc1nnc(N2CCC[C@@H](Nc3cc(N4CCOCC4)ncn3)C2)o1. The Morgan fingerprint density at radius 1 is 1.12 bits per heavy atom. The summed E-state index contributed by atoms with van der Waals surface area (Å²) in [6, 6.07) is 2.90. The number of aromatic nitrogens is 4. The van der Waals surface area contributed by atoms with E-state index in [4.69, 9.17) is 9.15 Å². The summed E-state index contributed by atoms with van der Waals surface area (Å²) in [4.78, 5) is 13.1. The molecule has 9 nitrogen and oxygen atoms in total. The standard InChI is InChI=1S/C16H23N7O2/c1-12-20-21-16(25-12)23-4-2-3-13(10-23)19-14-9-15(18-11-17-14)22-5-7-24-8-6-22/h9,11,13H,2-8,10H2,1H3,(H,17,18,19)/t13-/m1/s1. The fourth-order valence-electron chi connectivity index (χ4n) is 3.28. The Kier molecular flexibility index (Phi) is 4.64. The van der Waals surface area contributed by atoms with E-state index in [-0.39, 0.29) is 6.04 Å². The number of aryl methyl sites for hydroxylation is 1. The normalized spacial score (nSPS) is 21.4. The zero-order chi connectivity index (χ0) is 17.1. The highest BCUT2D eigenvalue weighted by atomic mass is 16.5. The van der Waals surface area contributed by atoms with Gasteiger partial charge in [0.1, 0.15) is 18.0 Å². The second kappa shape index (κ2) is 7.22. The second-order valence-electron chi connectivity index (χ2n) is 6.39. The molecule has 25 heavy (non-hydrogen) atoms. The molecule has 2 aliphatic rings. The van der Waals surface area contributed by atoms with Crippen molar-refractivity contribution in [1.29, 1.82) is 0 Å². The maximum atomic E-state index is 5.55. The average Bonchev–Trinajstić information content (AvgIpc) is 3.09. The fraction of sp³-hybridized carbons (Fsp3) is 0.625. The molecule has 2 aromatic rings. The van der Waals surface area contributed by atoms with Gasteiger partial charge in [-0.05, 0) is 12.8 Å². The van der Waals surface area contributed by atoms with Crippen molar-refractivity contribution in [3.8, 4) is 0 Å². The van der Waals surface area contributed by atoms with E-state index in [1.807, 2.05) is 13.0 Å². The maximum Gasteiger partial charge on any atom is 0.318 e. The molecule has 0 amide bonds. The first-order valence-electron chi connectivity index (χ1n) is 8.74. The lowest BCUT2D eigenvalue weighted by Crippen LogP contribution is -2.42. The number of anilines is 3. The van der Waals surface area contributed by atoms with Gasteiger partial charge in [-0.2, -0.15) is 0 Å². The molecular weight excluding hydrogens is 322 g/mol. The highest BCUT2D eigenvalue weighted by Gasteiger charge is 2.24. The number of ether oxygens (including phenoxy) is 1. The van der Waals surface area contributed by atoms with Gasteiger partial charge < -0.3 is 24.3 Å². The first-order valence-corrected chi connectivity index (χ1v) is 8.74. The topological polar surface area (TPSA) is 92.4 Å². The molecule has 4 heterocycles. The number of morpholine rings is 1. The molecule has 0 bridgehead atoms. The molecule has 0 unspecified atom stereocenters. The van der Waals surface area contributed by atoms with Crippen molar-refractivity contribution < 1.29 is 9.15 Å². The molecule has 0 radical (unpaired) electrons. The van der Waals surface area contributed by atoms with Crippen molar-refractivity contribution >= 4 is 17.7 Å². The highest BCUT2D eigenvalue weighted by Crippen LogP contribution is 2.22. The van der Waals surface area contributed by atoms with Crippen LogP contribution < -0.4 is 15.1 Å². The van der Waals surface area contributed by atoms with Crippen molar-refractivity contribution in [3.63, 3.8) is 0 Å². The molecule has 2 aliphatic heterocycles. The number of hydrogen-bond acceptors (Lipinski definition) is 9. The van der Waals surface area contributed by atoms with Gasteiger partial charge in [-0.25, -0.2) is 9.97 Å². The Balaban J connectivity index is 1.41. The van der Waals surface area contributed by atoms with Crippen molar-refractivity contribution in [2.24, 2.45) is 0 Å². The van der Waals surface area contributed by atoms with Crippen LogP contribution >= 0.6 is 0 Å². The predicted molar refractivity (Wildman–Crippen MR) is 93.0 cm³/mol. The summed E-state index contributed by atoms with van der Waals surface area (Å²) >= 11 is 0. The molecule has 0 aromatic carbocycles. The van der Waals surface area contributed by atoms with Gasteiger partial charge >= 0.3 is 6.01 Å². The van der Waals surface area contributed by atoms with Crippen molar-refractivity contribution in [1.82, 2.24) is 20.2 Å². The summed E-state index contributed by atoms with van der Waals surface area (Å²) < 4.78 is 11.0. The minimum absolute atomic E-state index is 0.286. The van der Waals surface area contributed by atoms with E-state index in [0.29, 0.717) is 11.9 Å². The molecule has 9 heteroatoms. The number of nitrogens with zero attached hydrogens (tertiary/aromatic N) is 6. The number of piperidine rings is 1. The number of hydrogen-bond donors (Lipinski definition) is 1. The summed E-state index contributed by atoms with van der Waals surface area (Å²) in [6.45, 7) is 6.78. The third kappa shape index (κ3) is 3.81. The summed E-state index contributed by atoms with van der Waals surface area (Å²) in [7, 11) is 0. The average molecular weight is 345 g/mol. The van der Waals surface area contributed by atoms with Crippen molar-refractivity contribution in [3.05, 3.63) is 18.3 Å². The van der Waals surface area contributed by atoms with E-state index in [2.05, 4.69) is 35.3 Å². The Bertz CT molecular complexity index is 701. The summed E-state index contributed by atoms with van der Waals surface area (Å²) in [5.74, 6) is 2.39. The van der Waals surface area contributed by atoms with Crippen LogP contribution in [0.2, 0.25) is 0 Å². The van der Waals surface area contributed by atoms with E-state index >= 15 is 0 Å². The molecule has 2 aromatic heterocycles. The highest BCUT2D eigenvalue weighted by molar-refractivity contribution is 5.49. The van der Waals surface area contributed by atoms with Gasteiger partial charge in [0.15, 0.2) is 0 Å². The molecular formula is C16H23N7O2. The minimum Gasteiger partial charge on any atom is -0.408 e. The molecule has 0 spiro atoms. The van der Waals surface area contributed by atoms with Gasteiger partial charge in [-0.3, -0.25) is 0 Å². The largest absolute Gasteiger partial charge is 0.408 e. The lowest BCUT2D eigenvalue weighted by Gasteiger charge is -2.32. The van der Waals surface area contributed by atoms with E-state index < -0.39 is 0 Å². The van der Waals surface area contributed by atoms with Crippen LogP contribution in [0.15, 0.2) is 16.8 Å². The third-order valence-corrected chi connectivity index (χ3v) is 4.55. The molecule has 134 valence electrons. The fourth-order valence-corrected chi connectivity index (χ4v) is 3.28. The molecule has 1 N–H and O–H groups in total. The van der Waals surface area contributed by atoms with Crippen LogP contribution in [0.5, 0.6) is 0 Å². The Labute approximate surface area is 146 Å². The quantitative estimate of drug-likeness (QED) is 0.874. The molecule has 0 saturated carbocycles.